The predicted molar refractivity (Wildman–Crippen MR) is 79.4 cm³/mol. The van der Waals surface area contributed by atoms with Gasteiger partial charge in [-0.15, -0.1) is 0 Å². The molecular formula is C15H18ClN3O. The Morgan fingerprint density at radius 2 is 2.15 bits per heavy atom. The fraction of sp³-hybridized carbons (Fsp3) is 0.400. The van der Waals surface area contributed by atoms with Crippen molar-refractivity contribution in [3.63, 3.8) is 0 Å². The lowest BCUT2D eigenvalue weighted by Crippen LogP contribution is -2.42. The second-order valence-corrected chi connectivity index (χ2v) is 5.72. The molecule has 0 bridgehead atoms. The lowest BCUT2D eigenvalue weighted by molar-refractivity contribution is 0.199. The van der Waals surface area contributed by atoms with Crippen LogP contribution < -0.4 is 5.73 Å². The fourth-order valence-electron chi connectivity index (χ4n) is 2.57. The minimum absolute atomic E-state index is 0.284. The van der Waals surface area contributed by atoms with Crippen LogP contribution in [0.25, 0.3) is 11.5 Å². The molecule has 3 rings (SSSR count). The van der Waals surface area contributed by atoms with Crippen LogP contribution in [0.1, 0.15) is 18.5 Å². The topological polar surface area (TPSA) is 55.3 Å². The molecule has 0 spiro atoms. The minimum atomic E-state index is 0.284. The van der Waals surface area contributed by atoms with E-state index in [2.05, 4.69) is 9.88 Å². The molecular weight excluding hydrogens is 274 g/mol. The second-order valence-electron chi connectivity index (χ2n) is 5.29. The number of piperidine rings is 1. The molecule has 4 nitrogen and oxygen atoms in total. The van der Waals surface area contributed by atoms with E-state index in [9.17, 15) is 0 Å². The van der Waals surface area contributed by atoms with Crippen molar-refractivity contribution in [1.82, 2.24) is 9.88 Å². The molecule has 1 aliphatic heterocycles. The van der Waals surface area contributed by atoms with E-state index in [0.717, 1.165) is 43.7 Å². The number of benzene rings is 1. The highest BCUT2D eigenvalue weighted by molar-refractivity contribution is 6.30. The van der Waals surface area contributed by atoms with E-state index < -0.39 is 0 Å². The van der Waals surface area contributed by atoms with Gasteiger partial charge in [0.15, 0.2) is 0 Å². The molecule has 1 unspecified atom stereocenters. The number of rotatable bonds is 3. The number of aromatic nitrogens is 1. The molecule has 2 N–H and O–H groups in total. The van der Waals surface area contributed by atoms with Gasteiger partial charge in [0.2, 0.25) is 5.89 Å². The number of halogens is 1. The number of oxazole rings is 1. The van der Waals surface area contributed by atoms with Crippen molar-refractivity contribution in [2.24, 2.45) is 5.73 Å². The number of hydrogen-bond acceptors (Lipinski definition) is 4. The second kappa shape index (κ2) is 5.95. The van der Waals surface area contributed by atoms with E-state index in [-0.39, 0.29) is 6.04 Å². The summed E-state index contributed by atoms with van der Waals surface area (Å²) in [5.41, 5.74) is 7.88. The largest absolute Gasteiger partial charge is 0.444 e. The number of likely N-dealkylation sites (tertiary alicyclic amines) is 1. The average molecular weight is 292 g/mol. The molecule has 1 aromatic carbocycles. The molecule has 0 amide bonds. The maximum Gasteiger partial charge on any atom is 0.226 e. The Morgan fingerprint density at radius 1 is 1.35 bits per heavy atom. The third-order valence-electron chi connectivity index (χ3n) is 3.57. The van der Waals surface area contributed by atoms with Gasteiger partial charge in [0.1, 0.15) is 6.26 Å². The van der Waals surface area contributed by atoms with E-state index in [0.29, 0.717) is 10.9 Å². The normalized spacial score (nSPS) is 20.2. The van der Waals surface area contributed by atoms with Crippen LogP contribution >= 0.6 is 11.6 Å². The highest BCUT2D eigenvalue weighted by Gasteiger charge is 2.18. The average Bonchev–Trinajstić information content (AvgIpc) is 2.88. The third-order valence-corrected chi connectivity index (χ3v) is 3.82. The van der Waals surface area contributed by atoms with E-state index >= 15 is 0 Å². The van der Waals surface area contributed by atoms with Gasteiger partial charge in [-0.25, -0.2) is 4.98 Å². The molecule has 20 heavy (non-hydrogen) atoms. The van der Waals surface area contributed by atoms with Crippen LogP contribution in [0.3, 0.4) is 0 Å². The third kappa shape index (κ3) is 3.20. The van der Waals surface area contributed by atoms with Crippen molar-refractivity contribution in [2.75, 3.05) is 13.1 Å². The van der Waals surface area contributed by atoms with Gasteiger partial charge < -0.3 is 10.2 Å². The van der Waals surface area contributed by atoms with Crippen LogP contribution in [-0.4, -0.2) is 29.0 Å². The van der Waals surface area contributed by atoms with Crippen molar-refractivity contribution < 1.29 is 4.42 Å². The summed E-state index contributed by atoms with van der Waals surface area (Å²) >= 11 is 5.88. The van der Waals surface area contributed by atoms with E-state index in [1.165, 1.54) is 0 Å². The Labute approximate surface area is 123 Å². The first-order valence-corrected chi connectivity index (χ1v) is 7.27. The number of hydrogen-bond donors (Lipinski definition) is 1. The molecule has 0 radical (unpaired) electrons. The van der Waals surface area contributed by atoms with Crippen molar-refractivity contribution in [1.29, 1.82) is 0 Å². The zero-order valence-electron chi connectivity index (χ0n) is 11.3. The number of nitrogens with two attached hydrogens (primary N) is 1. The summed E-state index contributed by atoms with van der Waals surface area (Å²) < 4.78 is 5.55. The predicted octanol–water partition coefficient (Wildman–Crippen LogP) is 2.92. The quantitative estimate of drug-likeness (QED) is 0.945. The van der Waals surface area contributed by atoms with Crippen LogP contribution in [0.2, 0.25) is 5.02 Å². The first-order valence-electron chi connectivity index (χ1n) is 6.89. The van der Waals surface area contributed by atoms with Crippen LogP contribution in [0.15, 0.2) is 34.9 Å². The SMILES string of the molecule is NC1CCCN(Cc2coc(-c3ccc(Cl)cc3)n2)C1. The lowest BCUT2D eigenvalue weighted by atomic mass is 10.1. The number of nitrogens with zero attached hydrogens (tertiary/aromatic N) is 2. The van der Waals surface area contributed by atoms with E-state index in [1.807, 2.05) is 24.3 Å². The summed E-state index contributed by atoms with van der Waals surface area (Å²) in [4.78, 5) is 6.87. The van der Waals surface area contributed by atoms with Gasteiger partial charge in [-0.05, 0) is 43.7 Å². The highest BCUT2D eigenvalue weighted by atomic mass is 35.5. The van der Waals surface area contributed by atoms with Gasteiger partial charge in [-0.3, -0.25) is 4.90 Å². The Kier molecular flexibility index (Phi) is 4.05. The smallest absolute Gasteiger partial charge is 0.226 e. The van der Waals surface area contributed by atoms with Gasteiger partial charge in [0, 0.05) is 29.7 Å². The monoisotopic (exact) mass is 291 g/mol. The van der Waals surface area contributed by atoms with Gasteiger partial charge in [0.25, 0.3) is 0 Å². The van der Waals surface area contributed by atoms with Gasteiger partial charge in [-0.1, -0.05) is 11.6 Å². The van der Waals surface area contributed by atoms with Crippen LogP contribution in [0.4, 0.5) is 0 Å². The van der Waals surface area contributed by atoms with Crippen LogP contribution in [0, 0.1) is 0 Å². The first-order chi connectivity index (χ1) is 9.70. The zero-order valence-corrected chi connectivity index (χ0v) is 12.0. The summed E-state index contributed by atoms with van der Waals surface area (Å²) in [6, 6.07) is 7.78. The standard InChI is InChI=1S/C15H18ClN3O/c16-12-5-3-11(4-6-12)15-18-14(10-20-15)9-19-7-1-2-13(17)8-19/h3-6,10,13H,1-2,7-9,17H2. The van der Waals surface area contributed by atoms with Crippen LogP contribution in [-0.2, 0) is 6.54 Å². The van der Waals surface area contributed by atoms with Gasteiger partial charge >= 0.3 is 0 Å². The molecule has 1 saturated heterocycles. The van der Waals surface area contributed by atoms with Crippen molar-refractivity contribution in [3.8, 4) is 11.5 Å². The molecule has 1 aromatic heterocycles. The summed E-state index contributed by atoms with van der Waals surface area (Å²) in [5.74, 6) is 0.637. The highest BCUT2D eigenvalue weighted by Crippen LogP contribution is 2.21. The molecule has 1 atom stereocenters. The van der Waals surface area contributed by atoms with Crippen LogP contribution in [0.5, 0.6) is 0 Å². The van der Waals surface area contributed by atoms with Gasteiger partial charge in [-0.2, -0.15) is 0 Å². The molecule has 106 valence electrons. The summed E-state index contributed by atoms with van der Waals surface area (Å²) in [5, 5.41) is 0.711. The van der Waals surface area contributed by atoms with Gasteiger partial charge in [0.05, 0.1) is 5.69 Å². The Balaban J connectivity index is 1.69. The summed E-state index contributed by atoms with van der Waals surface area (Å²) in [6.07, 6.45) is 4.00. The maximum atomic E-state index is 5.99. The zero-order chi connectivity index (χ0) is 13.9. The molecule has 2 aromatic rings. The molecule has 0 saturated carbocycles. The summed E-state index contributed by atoms with van der Waals surface area (Å²) in [7, 11) is 0. The fourth-order valence-corrected chi connectivity index (χ4v) is 2.69. The Hall–Kier alpha value is -1.36. The van der Waals surface area contributed by atoms with E-state index in [4.69, 9.17) is 21.8 Å². The maximum absolute atomic E-state index is 5.99. The minimum Gasteiger partial charge on any atom is -0.444 e. The first kappa shape index (κ1) is 13.6. The Bertz CT molecular complexity index is 567. The molecule has 5 heteroatoms. The summed E-state index contributed by atoms with van der Waals surface area (Å²) in [6.45, 7) is 2.81. The van der Waals surface area contributed by atoms with Crippen molar-refractivity contribution >= 4 is 11.6 Å². The van der Waals surface area contributed by atoms with Crippen molar-refractivity contribution in [2.45, 2.75) is 25.4 Å². The van der Waals surface area contributed by atoms with Crippen molar-refractivity contribution in [3.05, 3.63) is 41.2 Å². The molecule has 0 aliphatic carbocycles. The lowest BCUT2D eigenvalue weighted by Gasteiger charge is -2.29. The molecule has 1 fully saturated rings. The Morgan fingerprint density at radius 3 is 2.90 bits per heavy atom. The molecule has 2 heterocycles. The van der Waals surface area contributed by atoms with E-state index in [1.54, 1.807) is 6.26 Å². The molecule has 1 aliphatic rings.